The molecule has 1 N–H and O–H groups in total. The third-order valence-electron chi connectivity index (χ3n) is 8.83. The molecule has 1 saturated carbocycles. The molecule has 1 unspecified atom stereocenters. The van der Waals surface area contributed by atoms with Crippen LogP contribution in [0.1, 0.15) is 73.2 Å². The van der Waals surface area contributed by atoms with E-state index in [1.165, 1.54) is 32.1 Å². The Morgan fingerprint density at radius 3 is 1.98 bits per heavy atom. The van der Waals surface area contributed by atoms with E-state index in [0.717, 1.165) is 66.2 Å². The molecule has 2 aliphatic rings. The molecule has 3 aromatic carbocycles. The summed E-state index contributed by atoms with van der Waals surface area (Å²) in [6.07, 6.45) is -0.873. The lowest BCUT2D eigenvalue weighted by Crippen LogP contribution is -2.42. The van der Waals surface area contributed by atoms with Crippen molar-refractivity contribution in [3.8, 4) is 0 Å². The number of hydrogen-bond acceptors (Lipinski definition) is 2. The van der Waals surface area contributed by atoms with Crippen LogP contribution in [-0.4, -0.2) is 24.5 Å². The van der Waals surface area contributed by atoms with Gasteiger partial charge in [-0.2, -0.15) is 26.3 Å². The summed E-state index contributed by atoms with van der Waals surface area (Å²) in [6, 6.07) is 16.0. The zero-order chi connectivity index (χ0) is 28.3. The highest BCUT2D eigenvalue weighted by Crippen LogP contribution is 2.39. The van der Waals surface area contributed by atoms with Gasteiger partial charge in [0.25, 0.3) is 0 Å². The van der Waals surface area contributed by atoms with Gasteiger partial charge in [0, 0.05) is 19.1 Å². The van der Waals surface area contributed by atoms with E-state index in [2.05, 4.69) is 34.5 Å². The molecule has 0 aromatic heterocycles. The van der Waals surface area contributed by atoms with Gasteiger partial charge in [0.2, 0.25) is 0 Å². The van der Waals surface area contributed by atoms with Gasteiger partial charge in [-0.25, -0.2) is 0 Å². The standard InChI is InChI=1S/C32H36F6N2/c33-31(34,35)26-17-22(18-27(19-26)32(36,37)38)20-39-21-30(29-12-6-10-25-9-4-5-11-28(25)29)40-15-13-24(14-16-40)23-7-2-1-3-8-23/h4-6,9-12,17-19,23-24,30,39H,1-3,7-8,13-16,20-21H2. The molecular weight excluding hydrogens is 526 g/mol. The van der Waals surface area contributed by atoms with Gasteiger partial charge >= 0.3 is 12.4 Å². The number of rotatable bonds is 7. The van der Waals surface area contributed by atoms with Gasteiger partial charge in [0.15, 0.2) is 0 Å². The van der Waals surface area contributed by atoms with Crippen molar-refractivity contribution in [1.82, 2.24) is 10.2 Å². The molecule has 2 fully saturated rings. The Balaban J connectivity index is 1.36. The Kier molecular flexibility index (Phi) is 8.76. The lowest BCUT2D eigenvalue weighted by molar-refractivity contribution is -0.143. The van der Waals surface area contributed by atoms with Crippen LogP contribution in [0.2, 0.25) is 0 Å². The highest BCUT2D eigenvalue weighted by atomic mass is 19.4. The topological polar surface area (TPSA) is 15.3 Å². The van der Waals surface area contributed by atoms with Crippen LogP contribution in [0.4, 0.5) is 26.3 Å². The number of hydrogen-bond donors (Lipinski definition) is 1. The van der Waals surface area contributed by atoms with E-state index in [1.807, 2.05) is 18.2 Å². The zero-order valence-corrected chi connectivity index (χ0v) is 22.5. The normalized spacial score (nSPS) is 19.2. The predicted octanol–water partition coefficient (Wildman–Crippen LogP) is 9.00. The smallest absolute Gasteiger partial charge is 0.311 e. The van der Waals surface area contributed by atoms with E-state index >= 15 is 0 Å². The number of piperidine rings is 1. The summed E-state index contributed by atoms with van der Waals surface area (Å²) in [7, 11) is 0. The van der Waals surface area contributed by atoms with Gasteiger partial charge in [-0.1, -0.05) is 74.6 Å². The summed E-state index contributed by atoms with van der Waals surface area (Å²) >= 11 is 0. The molecular formula is C32H36F6N2. The molecule has 5 rings (SSSR count). The van der Waals surface area contributed by atoms with E-state index in [1.54, 1.807) is 0 Å². The van der Waals surface area contributed by atoms with Crippen LogP contribution in [0, 0.1) is 11.8 Å². The molecule has 216 valence electrons. The molecule has 1 heterocycles. The first kappa shape index (κ1) is 28.9. The maximum Gasteiger partial charge on any atom is 0.416 e. The number of likely N-dealkylation sites (tertiary alicyclic amines) is 1. The Labute approximate surface area is 231 Å². The summed E-state index contributed by atoms with van der Waals surface area (Å²) in [5.74, 6) is 1.53. The molecule has 0 spiro atoms. The summed E-state index contributed by atoms with van der Waals surface area (Å²) in [5, 5.41) is 5.44. The molecule has 2 nitrogen and oxygen atoms in total. The first-order valence-corrected chi connectivity index (χ1v) is 14.3. The molecule has 1 aliphatic carbocycles. The van der Waals surface area contributed by atoms with Crippen LogP contribution >= 0.6 is 0 Å². The quantitative estimate of drug-likeness (QED) is 0.289. The average Bonchev–Trinajstić information content (AvgIpc) is 2.95. The van der Waals surface area contributed by atoms with Crippen LogP contribution in [0.5, 0.6) is 0 Å². The second kappa shape index (κ2) is 12.1. The predicted molar refractivity (Wildman–Crippen MR) is 146 cm³/mol. The molecule has 1 saturated heterocycles. The van der Waals surface area contributed by atoms with E-state index in [0.29, 0.717) is 6.54 Å². The van der Waals surface area contributed by atoms with E-state index in [-0.39, 0.29) is 24.2 Å². The zero-order valence-electron chi connectivity index (χ0n) is 22.5. The number of fused-ring (bicyclic) bond motifs is 1. The molecule has 1 atom stereocenters. The largest absolute Gasteiger partial charge is 0.416 e. The molecule has 0 amide bonds. The van der Waals surface area contributed by atoms with Crippen LogP contribution in [0.25, 0.3) is 10.8 Å². The average molecular weight is 563 g/mol. The minimum Gasteiger partial charge on any atom is -0.311 e. The second-order valence-electron chi connectivity index (χ2n) is 11.4. The SMILES string of the molecule is FC(F)(F)c1cc(CNCC(c2cccc3ccccc23)N2CCC(C3CCCCC3)CC2)cc(C(F)(F)F)c1. The lowest BCUT2D eigenvalue weighted by atomic mass is 9.75. The lowest BCUT2D eigenvalue weighted by Gasteiger charge is -2.41. The minimum atomic E-state index is -4.86. The van der Waals surface area contributed by atoms with Crippen molar-refractivity contribution in [2.45, 2.75) is 69.9 Å². The summed E-state index contributed by atoms with van der Waals surface area (Å²) in [5.41, 5.74) is -1.47. The van der Waals surface area contributed by atoms with Crippen molar-refractivity contribution < 1.29 is 26.3 Å². The van der Waals surface area contributed by atoms with E-state index < -0.39 is 23.5 Å². The summed E-state index contributed by atoms with van der Waals surface area (Å²) < 4.78 is 80.2. The van der Waals surface area contributed by atoms with Crippen LogP contribution in [0.3, 0.4) is 0 Å². The molecule has 1 aliphatic heterocycles. The Hall–Kier alpha value is -2.58. The Morgan fingerprint density at radius 1 is 0.725 bits per heavy atom. The Morgan fingerprint density at radius 2 is 1.32 bits per heavy atom. The molecule has 8 heteroatoms. The van der Waals surface area contributed by atoms with E-state index in [4.69, 9.17) is 0 Å². The van der Waals surface area contributed by atoms with Gasteiger partial charge in [0.1, 0.15) is 0 Å². The number of halogens is 6. The number of benzene rings is 3. The number of alkyl halides is 6. The van der Waals surface area contributed by atoms with Crippen LogP contribution in [-0.2, 0) is 18.9 Å². The van der Waals surface area contributed by atoms with Crippen LogP contribution in [0.15, 0.2) is 60.7 Å². The fourth-order valence-corrected chi connectivity index (χ4v) is 6.76. The highest BCUT2D eigenvalue weighted by molar-refractivity contribution is 5.86. The minimum absolute atomic E-state index is 0.0326. The van der Waals surface area contributed by atoms with E-state index in [9.17, 15) is 26.3 Å². The monoisotopic (exact) mass is 562 g/mol. The van der Waals surface area contributed by atoms with Crippen LogP contribution < -0.4 is 5.32 Å². The third-order valence-corrected chi connectivity index (χ3v) is 8.83. The fraction of sp³-hybridized carbons (Fsp3) is 0.500. The van der Waals surface area contributed by atoms with Crippen molar-refractivity contribution in [1.29, 1.82) is 0 Å². The number of nitrogens with one attached hydrogen (secondary N) is 1. The maximum absolute atomic E-state index is 13.4. The van der Waals surface area contributed by atoms with Gasteiger partial charge in [-0.3, -0.25) is 4.90 Å². The number of nitrogens with zero attached hydrogens (tertiary/aromatic N) is 1. The molecule has 0 bridgehead atoms. The van der Waals surface area contributed by atoms with Gasteiger partial charge in [-0.15, -0.1) is 0 Å². The first-order chi connectivity index (χ1) is 19.1. The van der Waals surface area contributed by atoms with Crippen molar-refractivity contribution in [3.05, 3.63) is 82.9 Å². The van der Waals surface area contributed by atoms with Crippen molar-refractivity contribution >= 4 is 10.8 Å². The van der Waals surface area contributed by atoms with Crippen molar-refractivity contribution in [2.75, 3.05) is 19.6 Å². The Bertz CT molecular complexity index is 1230. The van der Waals surface area contributed by atoms with Gasteiger partial charge in [0.05, 0.1) is 11.1 Å². The molecule has 40 heavy (non-hydrogen) atoms. The van der Waals surface area contributed by atoms with Gasteiger partial charge in [-0.05, 0) is 77.9 Å². The maximum atomic E-state index is 13.4. The molecule has 0 radical (unpaired) electrons. The first-order valence-electron chi connectivity index (χ1n) is 14.3. The van der Waals surface area contributed by atoms with Crippen molar-refractivity contribution in [2.24, 2.45) is 11.8 Å². The summed E-state index contributed by atoms with van der Waals surface area (Å²) in [6.45, 7) is 2.18. The third kappa shape index (κ3) is 6.82. The summed E-state index contributed by atoms with van der Waals surface area (Å²) in [4.78, 5) is 2.45. The highest BCUT2D eigenvalue weighted by Gasteiger charge is 2.37. The second-order valence-corrected chi connectivity index (χ2v) is 11.4. The van der Waals surface area contributed by atoms with Gasteiger partial charge < -0.3 is 5.32 Å². The fourth-order valence-electron chi connectivity index (χ4n) is 6.76. The van der Waals surface area contributed by atoms with Crippen molar-refractivity contribution in [3.63, 3.8) is 0 Å². The molecule has 3 aromatic rings.